The molecule has 12 nitrogen and oxygen atoms in total. The second-order valence-corrected chi connectivity index (χ2v) is 19.6. The van der Waals surface area contributed by atoms with Gasteiger partial charge in [-0.3, -0.25) is 14.4 Å². The Morgan fingerprint density at radius 1 is 1.00 bits per heavy atom. The Kier molecular flexibility index (Phi) is 13.7. The number of alkyl halides is 2. The van der Waals surface area contributed by atoms with Crippen molar-refractivity contribution < 1.29 is 36.4 Å². The van der Waals surface area contributed by atoms with Gasteiger partial charge in [0.15, 0.2) is 0 Å². The highest BCUT2D eigenvalue weighted by Crippen LogP contribution is 2.65. The Hall–Kier alpha value is -2.75. The summed E-state index contributed by atoms with van der Waals surface area (Å²) in [6, 6.07) is -0.132. The summed E-state index contributed by atoms with van der Waals surface area (Å²) in [6.07, 6.45) is -2.43. The number of urea groups is 1. The number of carbonyl (C=O) groups excluding carboxylic acids is 4. The van der Waals surface area contributed by atoms with E-state index in [9.17, 15) is 36.4 Å². The molecule has 3 rings (SSSR count). The number of rotatable bonds is 14. The topological polar surface area (TPSA) is 157 Å². The van der Waals surface area contributed by atoms with Crippen molar-refractivity contribution in [2.24, 2.45) is 28.1 Å². The van der Waals surface area contributed by atoms with Crippen LogP contribution in [0, 0.1) is 28.1 Å². The molecule has 2 fully saturated rings. The number of piperidine rings is 1. The number of halogens is 4. The van der Waals surface area contributed by atoms with E-state index in [0.29, 0.717) is 16.5 Å². The number of nitrogens with zero attached hydrogens (tertiary/aromatic N) is 2. The zero-order chi connectivity index (χ0) is 39.7. The number of hydrogen-bond acceptors (Lipinski definition) is 6. The number of nitrogens with one attached hydrogen (secondary N) is 4. The van der Waals surface area contributed by atoms with Crippen LogP contribution in [0.2, 0.25) is 10.0 Å². The Morgan fingerprint density at radius 2 is 1.62 bits per heavy atom. The van der Waals surface area contributed by atoms with Crippen molar-refractivity contribution in [2.45, 2.75) is 98.8 Å². The molecule has 294 valence electrons. The normalized spacial score (nSPS) is 21.6. The predicted octanol–water partition coefficient (Wildman–Crippen LogP) is 4.30. The summed E-state index contributed by atoms with van der Waals surface area (Å²) >= 11 is 12.0. The third kappa shape index (κ3) is 10.9. The molecule has 1 saturated heterocycles. The van der Waals surface area contributed by atoms with Gasteiger partial charge in [0.1, 0.15) is 18.1 Å². The maximum Gasteiger partial charge on any atom is 0.315 e. The van der Waals surface area contributed by atoms with Crippen LogP contribution in [0.4, 0.5) is 13.6 Å². The maximum absolute atomic E-state index is 14.3. The maximum atomic E-state index is 14.3. The minimum Gasteiger partial charge on any atom is -0.354 e. The van der Waals surface area contributed by atoms with E-state index in [2.05, 4.69) is 21.3 Å². The molecular weight excluding hydrogens is 741 g/mol. The lowest BCUT2D eigenvalue weighted by molar-refractivity contribution is -0.144. The number of likely N-dealkylation sites (N-methyl/N-ethyl adjacent to an activating group) is 1. The number of carbonyl (C=O) groups is 4. The Bertz CT molecular complexity index is 1620. The summed E-state index contributed by atoms with van der Waals surface area (Å²) in [5, 5.41) is 11.4. The van der Waals surface area contributed by atoms with Gasteiger partial charge in [0.25, 0.3) is 0 Å². The van der Waals surface area contributed by atoms with Crippen LogP contribution in [0.3, 0.4) is 0 Å². The predicted molar refractivity (Wildman–Crippen MR) is 198 cm³/mol. The molecule has 1 aliphatic heterocycles. The number of likely N-dealkylation sites (tertiary alicyclic amines) is 1. The highest BCUT2D eigenvalue weighted by atomic mass is 35.5. The molecule has 0 aromatic heterocycles. The van der Waals surface area contributed by atoms with Crippen molar-refractivity contribution >= 4 is 57.0 Å². The van der Waals surface area contributed by atoms with Crippen LogP contribution in [-0.2, 0) is 30.8 Å². The zero-order valence-electron chi connectivity index (χ0n) is 31.6. The second-order valence-electron chi connectivity index (χ2n) is 16.7. The number of amides is 5. The average molecular weight is 796 g/mol. The average Bonchev–Trinajstić information content (AvgIpc) is 3.30. The fourth-order valence-corrected chi connectivity index (χ4v) is 7.44. The molecule has 0 unspecified atom stereocenters. The third-order valence-corrected chi connectivity index (χ3v) is 12.3. The van der Waals surface area contributed by atoms with Gasteiger partial charge in [-0.05, 0) is 52.2 Å². The van der Waals surface area contributed by atoms with Crippen LogP contribution in [0.5, 0.6) is 0 Å². The summed E-state index contributed by atoms with van der Waals surface area (Å²) < 4.78 is 52.8. The van der Waals surface area contributed by atoms with E-state index in [4.69, 9.17) is 23.2 Å². The van der Waals surface area contributed by atoms with Crippen LogP contribution < -0.4 is 21.3 Å². The van der Waals surface area contributed by atoms with Crippen LogP contribution in [0.15, 0.2) is 18.2 Å². The van der Waals surface area contributed by atoms with Gasteiger partial charge in [-0.25, -0.2) is 26.3 Å². The molecule has 5 amide bonds. The first-order valence-electron chi connectivity index (χ1n) is 17.2. The molecule has 1 aromatic rings. The molecule has 6 atom stereocenters. The summed E-state index contributed by atoms with van der Waals surface area (Å²) in [5.74, 6) is -2.43. The molecule has 0 radical (unpaired) electrons. The second kappa shape index (κ2) is 16.3. The smallest absolute Gasteiger partial charge is 0.315 e. The monoisotopic (exact) mass is 794 g/mol. The minimum absolute atomic E-state index is 0.0143. The summed E-state index contributed by atoms with van der Waals surface area (Å²) in [6.45, 7) is 15.0. The molecule has 2 aliphatic rings. The SMILES string of the molecule is CN(C[C@@H](NC(=O)N[C@H](C(=O)N1C[C@H]2[C@@H]([C@H]1C(=O)N[C@@H](CC(F)F)C(=O)NCCc1ccc(Cl)c(Cl)c1)C2(C)C)C(C)(C)C)C(C)(C)C)S(C)(=O)=O. The van der Waals surface area contributed by atoms with Gasteiger partial charge in [-0.1, -0.05) is 84.7 Å². The number of benzene rings is 1. The third-order valence-electron chi connectivity index (χ3n) is 10.2. The highest BCUT2D eigenvalue weighted by Gasteiger charge is 2.70. The standard InChI is InChI=1S/C35H54Cl2F2N6O6S/c1-33(2,3)24(18-44(9)52(10,50)51)42-32(49)43-28(34(4,5)6)31(48)45-17-20-26(35(20,7)8)27(45)30(47)41-23(16-25(38)39)29(46)40-14-13-19-11-12-21(36)22(37)15-19/h11-12,15,20,23-28H,13-14,16-18H2,1-10H3,(H,40,46)(H,41,47)(H2,42,43,49)/t20-,23-,24+,26-,27-,28+/m0/s1. The van der Waals surface area contributed by atoms with Gasteiger partial charge in [-0.15, -0.1) is 0 Å². The van der Waals surface area contributed by atoms with Crippen molar-refractivity contribution in [3.05, 3.63) is 33.8 Å². The van der Waals surface area contributed by atoms with E-state index in [-0.39, 0.29) is 36.9 Å². The lowest BCUT2D eigenvalue weighted by Gasteiger charge is -2.39. The van der Waals surface area contributed by atoms with Crippen LogP contribution in [0.25, 0.3) is 0 Å². The fraction of sp³-hybridized carbons (Fsp3) is 0.714. The minimum atomic E-state index is -3.54. The van der Waals surface area contributed by atoms with Crippen LogP contribution in [0.1, 0.15) is 67.4 Å². The van der Waals surface area contributed by atoms with Crippen LogP contribution in [-0.4, -0.2) is 105 Å². The van der Waals surface area contributed by atoms with E-state index >= 15 is 0 Å². The Labute approximate surface area is 316 Å². The molecular formula is C35H54Cl2F2N6O6S. The van der Waals surface area contributed by atoms with Crippen molar-refractivity contribution in [1.82, 2.24) is 30.5 Å². The molecule has 1 saturated carbocycles. The van der Waals surface area contributed by atoms with E-state index < -0.39 is 81.6 Å². The van der Waals surface area contributed by atoms with Gasteiger partial charge >= 0.3 is 6.03 Å². The van der Waals surface area contributed by atoms with Crippen molar-refractivity contribution in [1.29, 1.82) is 0 Å². The quantitative estimate of drug-likeness (QED) is 0.220. The first kappa shape index (κ1) is 43.7. The largest absolute Gasteiger partial charge is 0.354 e. The van der Waals surface area contributed by atoms with E-state index in [1.54, 1.807) is 39.0 Å². The summed E-state index contributed by atoms with van der Waals surface area (Å²) in [7, 11) is -2.13. The van der Waals surface area contributed by atoms with Crippen molar-refractivity contribution in [3.63, 3.8) is 0 Å². The summed E-state index contributed by atoms with van der Waals surface area (Å²) in [5.41, 5.74) is -0.970. The molecule has 1 aliphatic carbocycles. The molecule has 0 spiro atoms. The van der Waals surface area contributed by atoms with Gasteiger partial charge < -0.3 is 26.2 Å². The van der Waals surface area contributed by atoms with Crippen LogP contribution >= 0.6 is 23.2 Å². The van der Waals surface area contributed by atoms with E-state index in [0.717, 1.165) is 16.1 Å². The fourth-order valence-electron chi connectivity index (χ4n) is 6.70. The number of fused-ring (bicyclic) bond motifs is 1. The van der Waals surface area contributed by atoms with Gasteiger partial charge in [0, 0.05) is 39.1 Å². The molecule has 17 heteroatoms. The number of sulfonamides is 1. The Morgan fingerprint density at radius 3 is 2.13 bits per heavy atom. The van der Waals surface area contributed by atoms with Crippen molar-refractivity contribution in [2.75, 3.05) is 32.9 Å². The lowest BCUT2D eigenvalue weighted by atomic mass is 9.85. The van der Waals surface area contributed by atoms with E-state index in [1.807, 2.05) is 34.6 Å². The molecule has 4 N–H and O–H groups in total. The molecule has 52 heavy (non-hydrogen) atoms. The lowest BCUT2D eigenvalue weighted by Crippen LogP contribution is -2.62. The molecule has 0 bridgehead atoms. The van der Waals surface area contributed by atoms with E-state index in [1.165, 1.54) is 11.9 Å². The van der Waals surface area contributed by atoms with Crippen molar-refractivity contribution in [3.8, 4) is 0 Å². The zero-order valence-corrected chi connectivity index (χ0v) is 33.9. The first-order valence-corrected chi connectivity index (χ1v) is 19.9. The van der Waals surface area contributed by atoms with Gasteiger partial charge in [0.05, 0.1) is 16.3 Å². The Balaban J connectivity index is 1.79. The first-order chi connectivity index (χ1) is 23.7. The molecule has 1 heterocycles. The number of hydrogen-bond donors (Lipinski definition) is 4. The molecule has 1 aromatic carbocycles. The van der Waals surface area contributed by atoms with Gasteiger partial charge in [-0.2, -0.15) is 0 Å². The highest BCUT2D eigenvalue weighted by molar-refractivity contribution is 7.88. The van der Waals surface area contributed by atoms with Gasteiger partial charge in [0.2, 0.25) is 34.2 Å². The summed E-state index contributed by atoms with van der Waals surface area (Å²) in [4.78, 5) is 56.3.